The molecular formula is C19H22N6O3. The Bertz CT molecular complexity index is 1020. The van der Waals surface area contributed by atoms with Crippen LogP contribution in [0.3, 0.4) is 0 Å². The fourth-order valence-electron chi connectivity index (χ4n) is 3.46. The smallest absolute Gasteiger partial charge is 0.271 e. The number of nitrogens with zero attached hydrogens (tertiary/aromatic N) is 3. The number of furan rings is 1. The Morgan fingerprint density at radius 2 is 2.18 bits per heavy atom. The molecule has 1 aliphatic heterocycles. The fraction of sp³-hybridized carbons (Fsp3) is 0.368. The van der Waals surface area contributed by atoms with Gasteiger partial charge in [0.15, 0.2) is 17.1 Å². The van der Waals surface area contributed by atoms with E-state index >= 15 is 0 Å². The van der Waals surface area contributed by atoms with Crippen molar-refractivity contribution in [1.82, 2.24) is 25.0 Å². The Morgan fingerprint density at radius 3 is 2.86 bits per heavy atom. The predicted octanol–water partition coefficient (Wildman–Crippen LogP) is 1.21. The van der Waals surface area contributed by atoms with E-state index < -0.39 is 5.91 Å². The fourth-order valence-corrected chi connectivity index (χ4v) is 3.46. The number of hydrogen-bond acceptors (Lipinski definition) is 6. The molecule has 146 valence electrons. The van der Waals surface area contributed by atoms with Crippen LogP contribution in [0, 0.1) is 5.41 Å². The Balaban J connectivity index is 1.70. The molecule has 4 rings (SSSR count). The van der Waals surface area contributed by atoms with Gasteiger partial charge in [0.1, 0.15) is 17.7 Å². The quantitative estimate of drug-likeness (QED) is 0.608. The third-order valence-electron chi connectivity index (χ3n) is 5.23. The molecular weight excluding hydrogens is 360 g/mol. The van der Waals surface area contributed by atoms with Crippen LogP contribution in [0.4, 0.5) is 0 Å². The van der Waals surface area contributed by atoms with Gasteiger partial charge in [-0.15, -0.1) is 0 Å². The number of carbonyl (C=O) groups is 2. The van der Waals surface area contributed by atoms with E-state index in [4.69, 9.17) is 10.2 Å². The van der Waals surface area contributed by atoms with Crippen molar-refractivity contribution in [1.29, 1.82) is 0 Å². The average molecular weight is 382 g/mol. The van der Waals surface area contributed by atoms with E-state index in [9.17, 15) is 9.59 Å². The van der Waals surface area contributed by atoms with Crippen molar-refractivity contribution in [2.45, 2.75) is 19.8 Å². The summed E-state index contributed by atoms with van der Waals surface area (Å²) < 4.78 is 6.88. The van der Waals surface area contributed by atoms with Gasteiger partial charge in [-0.25, -0.2) is 9.97 Å². The van der Waals surface area contributed by atoms with Crippen LogP contribution in [-0.2, 0) is 0 Å². The average Bonchev–Trinajstić information content (AvgIpc) is 3.35. The first-order valence-electron chi connectivity index (χ1n) is 9.18. The second-order valence-corrected chi connectivity index (χ2v) is 7.40. The zero-order valence-corrected chi connectivity index (χ0v) is 15.6. The molecule has 0 aromatic carbocycles. The number of imidazole rings is 1. The van der Waals surface area contributed by atoms with Gasteiger partial charge >= 0.3 is 0 Å². The molecule has 0 aliphatic carbocycles. The van der Waals surface area contributed by atoms with Crippen LogP contribution >= 0.6 is 0 Å². The number of carbonyl (C=O) groups excluding carboxylic acids is 2. The third kappa shape index (κ3) is 3.36. The lowest BCUT2D eigenvalue weighted by Gasteiger charge is -2.34. The highest BCUT2D eigenvalue weighted by Crippen LogP contribution is 2.27. The normalized spacial score (nSPS) is 16.2. The SMILES string of the molecule is CC1(CNC(=O)c2cc(-c3ccco3)nc3c(C(N)=O)ncn23)CCNCC1. The third-order valence-corrected chi connectivity index (χ3v) is 5.23. The predicted molar refractivity (Wildman–Crippen MR) is 102 cm³/mol. The zero-order valence-electron chi connectivity index (χ0n) is 15.6. The van der Waals surface area contributed by atoms with Crippen LogP contribution in [0.15, 0.2) is 35.2 Å². The van der Waals surface area contributed by atoms with Gasteiger partial charge in [0.25, 0.3) is 11.8 Å². The monoisotopic (exact) mass is 382 g/mol. The highest BCUT2D eigenvalue weighted by atomic mass is 16.3. The zero-order chi connectivity index (χ0) is 19.7. The van der Waals surface area contributed by atoms with Crippen LogP contribution in [0.2, 0.25) is 0 Å². The van der Waals surface area contributed by atoms with Gasteiger partial charge in [-0.1, -0.05) is 6.92 Å². The summed E-state index contributed by atoms with van der Waals surface area (Å²) in [4.78, 5) is 33.2. The first-order valence-corrected chi connectivity index (χ1v) is 9.18. The molecule has 2 amide bonds. The van der Waals surface area contributed by atoms with Gasteiger partial charge in [0, 0.05) is 6.54 Å². The van der Waals surface area contributed by atoms with Crippen molar-refractivity contribution in [3.8, 4) is 11.5 Å². The molecule has 3 aromatic rings. The maximum Gasteiger partial charge on any atom is 0.271 e. The van der Waals surface area contributed by atoms with Crippen molar-refractivity contribution in [3.63, 3.8) is 0 Å². The van der Waals surface area contributed by atoms with Gasteiger partial charge in [-0.2, -0.15) is 0 Å². The molecule has 4 heterocycles. The largest absolute Gasteiger partial charge is 0.463 e. The first-order chi connectivity index (χ1) is 13.5. The molecule has 0 saturated carbocycles. The summed E-state index contributed by atoms with van der Waals surface area (Å²) in [6.07, 6.45) is 4.89. The maximum atomic E-state index is 13.0. The Labute approximate surface area is 161 Å². The Kier molecular flexibility index (Phi) is 4.60. The van der Waals surface area contributed by atoms with Crippen molar-refractivity contribution < 1.29 is 14.0 Å². The van der Waals surface area contributed by atoms with Gasteiger partial charge in [0.2, 0.25) is 0 Å². The topological polar surface area (TPSA) is 128 Å². The van der Waals surface area contributed by atoms with E-state index in [1.807, 2.05) is 0 Å². The van der Waals surface area contributed by atoms with E-state index in [-0.39, 0.29) is 22.7 Å². The Morgan fingerprint density at radius 1 is 1.39 bits per heavy atom. The summed E-state index contributed by atoms with van der Waals surface area (Å²) in [5, 5.41) is 6.35. The molecule has 1 saturated heterocycles. The molecule has 0 bridgehead atoms. The Hall–Kier alpha value is -3.20. The van der Waals surface area contributed by atoms with Crippen LogP contribution in [0.1, 0.15) is 40.7 Å². The van der Waals surface area contributed by atoms with Crippen molar-refractivity contribution >= 4 is 17.5 Å². The summed E-state index contributed by atoms with van der Waals surface area (Å²) >= 11 is 0. The lowest BCUT2D eigenvalue weighted by atomic mass is 9.81. The van der Waals surface area contributed by atoms with E-state index in [0.29, 0.717) is 23.7 Å². The van der Waals surface area contributed by atoms with Crippen molar-refractivity contribution in [2.24, 2.45) is 11.1 Å². The lowest BCUT2D eigenvalue weighted by molar-refractivity contribution is 0.0915. The number of rotatable bonds is 5. The summed E-state index contributed by atoms with van der Waals surface area (Å²) in [5.41, 5.74) is 6.43. The van der Waals surface area contributed by atoms with E-state index in [0.717, 1.165) is 25.9 Å². The van der Waals surface area contributed by atoms with Gasteiger partial charge < -0.3 is 20.8 Å². The molecule has 9 heteroatoms. The van der Waals surface area contributed by atoms with E-state index in [1.165, 1.54) is 17.0 Å². The van der Waals surface area contributed by atoms with E-state index in [1.54, 1.807) is 18.2 Å². The van der Waals surface area contributed by atoms with Gasteiger partial charge in [-0.05, 0) is 49.5 Å². The second-order valence-electron chi connectivity index (χ2n) is 7.40. The number of amides is 2. The molecule has 3 aromatic heterocycles. The highest BCUT2D eigenvalue weighted by Gasteiger charge is 2.28. The summed E-state index contributed by atoms with van der Waals surface area (Å²) in [7, 11) is 0. The molecule has 4 N–H and O–H groups in total. The van der Waals surface area contributed by atoms with Gasteiger partial charge in [0.05, 0.1) is 6.26 Å². The molecule has 1 fully saturated rings. The minimum atomic E-state index is -0.708. The first kappa shape index (κ1) is 18.2. The van der Waals surface area contributed by atoms with Crippen LogP contribution in [0.25, 0.3) is 17.1 Å². The standard InChI is InChI=1S/C19H22N6O3/c1-19(4-6-21-7-5-19)10-22-18(27)13-9-12(14-3-2-8-28-14)24-17-15(16(20)26)23-11-25(13)17/h2-3,8-9,11,21H,4-7,10H2,1H3,(H2,20,26)(H,22,27). The lowest BCUT2D eigenvalue weighted by Crippen LogP contribution is -2.43. The molecule has 0 spiro atoms. The molecule has 0 unspecified atom stereocenters. The molecule has 0 radical (unpaired) electrons. The highest BCUT2D eigenvalue weighted by molar-refractivity contribution is 5.99. The van der Waals surface area contributed by atoms with Crippen molar-refractivity contribution in [2.75, 3.05) is 19.6 Å². The van der Waals surface area contributed by atoms with Crippen molar-refractivity contribution in [3.05, 3.63) is 42.2 Å². The summed E-state index contributed by atoms with van der Waals surface area (Å²) in [5.74, 6) is -0.493. The summed E-state index contributed by atoms with van der Waals surface area (Å²) in [6.45, 7) is 4.62. The number of primary amides is 1. The number of nitrogens with two attached hydrogens (primary N) is 1. The number of piperidine rings is 1. The van der Waals surface area contributed by atoms with Crippen LogP contribution in [-0.4, -0.2) is 45.8 Å². The number of nitrogens with one attached hydrogen (secondary N) is 2. The van der Waals surface area contributed by atoms with Crippen LogP contribution in [0.5, 0.6) is 0 Å². The minimum Gasteiger partial charge on any atom is -0.463 e. The minimum absolute atomic E-state index is 0.00720. The van der Waals surface area contributed by atoms with Crippen LogP contribution < -0.4 is 16.4 Å². The molecule has 0 atom stereocenters. The molecule has 28 heavy (non-hydrogen) atoms. The molecule has 1 aliphatic rings. The second kappa shape index (κ2) is 7.08. The van der Waals surface area contributed by atoms with Gasteiger partial charge in [-0.3, -0.25) is 14.0 Å². The summed E-state index contributed by atoms with van der Waals surface area (Å²) in [6, 6.07) is 5.08. The molecule has 9 nitrogen and oxygen atoms in total. The maximum absolute atomic E-state index is 13.0. The number of fused-ring (bicyclic) bond motifs is 1. The number of hydrogen-bond donors (Lipinski definition) is 3. The number of aromatic nitrogens is 3. The van der Waals surface area contributed by atoms with E-state index in [2.05, 4.69) is 27.5 Å².